The number of hydrogen-bond acceptors (Lipinski definition) is 4. The van der Waals surface area contributed by atoms with Crippen molar-refractivity contribution in [2.45, 2.75) is 37.6 Å². The highest BCUT2D eigenvalue weighted by molar-refractivity contribution is 5.95. The van der Waals surface area contributed by atoms with Crippen molar-refractivity contribution in [3.05, 3.63) is 11.1 Å². The van der Waals surface area contributed by atoms with Crippen molar-refractivity contribution in [1.29, 1.82) is 0 Å². The fourth-order valence-electron chi connectivity index (χ4n) is 4.54. The monoisotopic (exact) mass is 247 g/mol. The van der Waals surface area contributed by atoms with Crippen LogP contribution in [0.25, 0.3) is 0 Å². The first kappa shape index (κ1) is 10.7. The first-order valence-corrected chi connectivity index (χ1v) is 6.88. The van der Waals surface area contributed by atoms with Crippen LogP contribution in [0.2, 0.25) is 0 Å². The van der Waals surface area contributed by atoms with Gasteiger partial charge in [-0.25, -0.2) is 4.79 Å². The van der Waals surface area contributed by atoms with Crippen molar-refractivity contribution in [1.82, 2.24) is 4.90 Å². The maximum Gasteiger partial charge on any atom is 0.336 e. The van der Waals surface area contributed by atoms with Crippen molar-refractivity contribution in [3.63, 3.8) is 0 Å². The van der Waals surface area contributed by atoms with E-state index in [1.165, 1.54) is 5.57 Å². The minimum absolute atomic E-state index is 0.115. The Morgan fingerprint density at radius 1 is 1.22 bits per heavy atom. The molecule has 4 rings (SSSR count). The van der Waals surface area contributed by atoms with Gasteiger partial charge in [0.15, 0.2) is 0 Å². The molecule has 4 heteroatoms. The zero-order chi connectivity index (χ0) is 12.3. The lowest BCUT2D eigenvalue weighted by molar-refractivity contribution is -0.138. The lowest BCUT2D eigenvalue weighted by atomic mass is 9.66. The minimum Gasteiger partial charge on any atom is -0.458 e. The summed E-state index contributed by atoms with van der Waals surface area (Å²) in [5.74, 6) is 0.595. The third kappa shape index (κ3) is 1.14. The molecule has 0 radical (unpaired) electrons. The minimum atomic E-state index is -0.144. The molecule has 1 saturated carbocycles. The summed E-state index contributed by atoms with van der Waals surface area (Å²) in [6.07, 6.45) is 4.11. The van der Waals surface area contributed by atoms with Gasteiger partial charge in [-0.15, -0.1) is 0 Å². The average Bonchev–Trinajstić information content (AvgIpc) is 2.91. The highest BCUT2D eigenvalue weighted by Crippen LogP contribution is 2.53. The number of carbonyl (C=O) groups is 2. The van der Waals surface area contributed by atoms with Gasteiger partial charge in [-0.1, -0.05) is 0 Å². The third-order valence-corrected chi connectivity index (χ3v) is 5.30. The van der Waals surface area contributed by atoms with Crippen LogP contribution in [0.5, 0.6) is 0 Å². The molecule has 4 aliphatic rings. The second-order valence-corrected chi connectivity index (χ2v) is 5.94. The van der Waals surface area contributed by atoms with Crippen molar-refractivity contribution in [2.24, 2.45) is 5.92 Å². The van der Waals surface area contributed by atoms with E-state index in [0.717, 1.165) is 37.9 Å². The molecule has 0 N–H and O–H groups in total. The third-order valence-electron chi connectivity index (χ3n) is 5.30. The maximum atomic E-state index is 12.1. The van der Waals surface area contributed by atoms with E-state index in [2.05, 4.69) is 4.90 Å². The lowest BCUT2D eigenvalue weighted by Crippen LogP contribution is -2.55. The summed E-state index contributed by atoms with van der Waals surface area (Å²) in [6.45, 7) is 2.55. The van der Waals surface area contributed by atoms with Crippen LogP contribution in [0.4, 0.5) is 0 Å². The molecular weight excluding hydrogens is 230 g/mol. The van der Waals surface area contributed by atoms with Gasteiger partial charge in [-0.3, -0.25) is 9.69 Å². The molecule has 0 aromatic rings. The molecule has 1 aliphatic carbocycles. The van der Waals surface area contributed by atoms with E-state index < -0.39 is 0 Å². The summed E-state index contributed by atoms with van der Waals surface area (Å²) in [5.41, 5.74) is 2.00. The molecule has 0 aromatic carbocycles. The molecule has 2 fully saturated rings. The van der Waals surface area contributed by atoms with Gasteiger partial charge in [0.1, 0.15) is 12.4 Å². The Balaban J connectivity index is 1.85. The predicted molar refractivity (Wildman–Crippen MR) is 63.9 cm³/mol. The Kier molecular flexibility index (Phi) is 2.05. The molecule has 0 amide bonds. The molecule has 1 saturated heterocycles. The Bertz CT molecular complexity index is 481. The predicted octanol–water partition coefficient (Wildman–Crippen LogP) is 1.06. The molecule has 3 heterocycles. The molecule has 0 aromatic heterocycles. The molecule has 0 unspecified atom stereocenters. The number of rotatable bonds is 0. The number of ketones is 1. The molecular formula is C14H17NO3. The fourth-order valence-corrected chi connectivity index (χ4v) is 4.54. The molecule has 1 spiro atoms. The van der Waals surface area contributed by atoms with Crippen LogP contribution in [-0.2, 0) is 14.3 Å². The summed E-state index contributed by atoms with van der Waals surface area (Å²) in [6, 6.07) is 0. The van der Waals surface area contributed by atoms with Crippen LogP contribution >= 0.6 is 0 Å². The van der Waals surface area contributed by atoms with Crippen LogP contribution in [-0.4, -0.2) is 41.9 Å². The van der Waals surface area contributed by atoms with E-state index in [-0.39, 0.29) is 11.5 Å². The smallest absolute Gasteiger partial charge is 0.336 e. The van der Waals surface area contributed by atoms with Crippen LogP contribution < -0.4 is 0 Å². The van der Waals surface area contributed by atoms with E-state index in [4.69, 9.17) is 4.74 Å². The van der Waals surface area contributed by atoms with Gasteiger partial charge in [0, 0.05) is 19.4 Å². The number of cyclic esters (lactones) is 1. The quantitative estimate of drug-likeness (QED) is 0.600. The summed E-state index contributed by atoms with van der Waals surface area (Å²) in [5, 5.41) is 0. The van der Waals surface area contributed by atoms with E-state index in [1.807, 2.05) is 0 Å². The molecule has 18 heavy (non-hydrogen) atoms. The first-order valence-electron chi connectivity index (χ1n) is 6.88. The number of esters is 1. The van der Waals surface area contributed by atoms with E-state index in [0.29, 0.717) is 31.1 Å². The molecule has 2 atom stereocenters. The summed E-state index contributed by atoms with van der Waals surface area (Å²) >= 11 is 0. The number of Topliss-reactive ketones (excluding diaryl/α,β-unsaturated/α-hetero) is 1. The second kappa shape index (κ2) is 3.44. The summed E-state index contributed by atoms with van der Waals surface area (Å²) in [4.78, 5) is 26.2. The highest BCUT2D eigenvalue weighted by Gasteiger charge is 2.58. The normalized spacial score (nSPS) is 39.4. The zero-order valence-corrected chi connectivity index (χ0v) is 10.4. The molecule has 3 aliphatic heterocycles. The van der Waals surface area contributed by atoms with E-state index in [1.54, 1.807) is 0 Å². The molecule has 0 bridgehead atoms. The van der Waals surface area contributed by atoms with Gasteiger partial charge < -0.3 is 4.74 Å². The van der Waals surface area contributed by atoms with Crippen molar-refractivity contribution >= 4 is 11.8 Å². The highest BCUT2D eigenvalue weighted by atomic mass is 16.5. The average molecular weight is 247 g/mol. The van der Waals surface area contributed by atoms with Gasteiger partial charge in [0.2, 0.25) is 0 Å². The molecule has 96 valence electrons. The van der Waals surface area contributed by atoms with Crippen molar-refractivity contribution in [3.8, 4) is 0 Å². The van der Waals surface area contributed by atoms with Crippen molar-refractivity contribution < 1.29 is 14.3 Å². The van der Waals surface area contributed by atoms with Crippen LogP contribution in [0.3, 0.4) is 0 Å². The number of carbonyl (C=O) groups excluding carboxylic acids is 2. The van der Waals surface area contributed by atoms with Gasteiger partial charge in [0.25, 0.3) is 0 Å². The number of hydrogen-bond donors (Lipinski definition) is 0. The van der Waals surface area contributed by atoms with Crippen LogP contribution in [0.15, 0.2) is 11.1 Å². The first-order chi connectivity index (χ1) is 8.72. The topological polar surface area (TPSA) is 46.6 Å². The van der Waals surface area contributed by atoms with Crippen molar-refractivity contribution in [2.75, 3.05) is 19.7 Å². The Hall–Kier alpha value is -1.16. The maximum absolute atomic E-state index is 12.1. The largest absolute Gasteiger partial charge is 0.458 e. The number of nitrogens with zero attached hydrogens (tertiary/aromatic N) is 1. The van der Waals surface area contributed by atoms with Crippen LogP contribution in [0.1, 0.15) is 32.1 Å². The lowest BCUT2D eigenvalue weighted by Gasteiger charge is -2.47. The molecule has 4 nitrogen and oxygen atoms in total. The summed E-state index contributed by atoms with van der Waals surface area (Å²) in [7, 11) is 0. The second-order valence-electron chi connectivity index (χ2n) is 5.94. The zero-order valence-electron chi connectivity index (χ0n) is 10.4. The van der Waals surface area contributed by atoms with Gasteiger partial charge >= 0.3 is 5.97 Å². The summed E-state index contributed by atoms with van der Waals surface area (Å²) < 4.78 is 5.25. The Morgan fingerprint density at radius 3 is 3.00 bits per heavy atom. The Labute approximate surface area is 106 Å². The van der Waals surface area contributed by atoms with Crippen LogP contribution in [0, 0.1) is 5.92 Å². The van der Waals surface area contributed by atoms with Gasteiger partial charge in [-0.2, -0.15) is 0 Å². The van der Waals surface area contributed by atoms with Gasteiger partial charge in [-0.05, 0) is 37.3 Å². The Morgan fingerprint density at radius 2 is 2.11 bits per heavy atom. The van der Waals surface area contributed by atoms with E-state index >= 15 is 0 Å². The van der Waals surface area contributed by atoms with Gasteiger partial charge in [0.05, 0.1) is 11.1 Å². The SMILES string of the molecule is O=C1CC[C@]23C4=C(CCN2CC[C@@H]3C1)COC4=O. The van der Waals surface area contributed by atoms with E-state index in [9.17, 15) is 9.59 Å². The number of ether oxygens (including phenoxy) is 1. The standard InChI is InChI=1S/C14H17NO3/c16-11-1-4-14-10(7-11)3-6-15(14)5-2-9-8-18-13(17)12(9)14/h10H,1-8H2/t10-,14+/m1/s1. The fraction of sp³-hybridized carbons (Fsp3) is 0.714.